The zero-order valence-corrected chi connectivity index (χ0v) is 15.9. The van der Waals surface area contributed by atoms with Gasteiger partial charge < -0.3 is 5.32 Å². The lowest BCUT2D eigenvalue weighted by Crippen LogP contribution is -2.25. The molecule has 2 rings (SSSR count). The van der Waals surface area contributed by atoms with Crippen LogP contribution >= 0.6 is 15.9 Å². The molecule has 1 amide bonds. The summed E-state index contributed by atoms with van der Waals surface area (Å²) in [5, 5.41) is 2.63. The summed E-state index contributed by atoms with van der Waals surface area (Å²) in [4.78, 5) is 12.0. The number of rotatable bonds is 7. The number of hydrogen-bond donors (Lipinski definition) is 1. The molecule has 0 saturated heterocycles. The van der Waals surface area contributed by atoms with Gasteiger partial charge in [0.1, 0.15) is 5.75 Å². The number of sulfone groups is 1. The molecule has 24 heavy (non-hydrogen) atoms. The Morgan fingerprint density at radius 3 is 2.50 bits per heavy atom. The van der Waals surface area contributed by atoms with E-state index in [4.69, 9.17) is 0 Å². The van der Waals surface area contributed by atoms with Gasteiger partial charge in [-0.3, -0.25) is 4.79 Å². The first kappa shape index (κ1) is 18.7. The maximum atomic E-state index is 12.1. The number of halogens is 1. The predicted octanol–water partition coefficient (Wildman–Crippen LogP) is 3.74. The minimum Gasteiger partial charge on any atom is -0.325 e. The average Bonchev–Trinajstić information content (AvgIpc) is 2.51. The maximum Gasteiger partial charge on any atom is 0.239 e. The number of benzene rings is 2. The summed E-state index contributed by atoms with van der Waals surface area (Å²) in [7, 11) is -3.41. The standard InChI is InChI=1S/C18H20BrNO3S/c1-14-9-10-16(12-17(14)19)20-18(21)13-24(22,23)11-5-8-15-6-3-2-4-7-15/h2-4,6-7,9-10,12H,5,8,11,13H2,1H3,(H,20,21). The van der Waals surface area contributed by atoms with E-state index < -0.39 is 21.5 Å². The van der Waals surface area contributed by atoms with Crippen LogP contribution in [0, 0.1) is 6.92 Å². The SMILES string of the molecule is Cc1ccc(NC(=O)CS(=O)(=O)CCCc2ccccc2)cc1Br. The van der Waals surface area contributed by atoms with Gasteiger partial charge in [0, 0.05) is 10.2 Å². The molecule has 0 unspecified atom stereocenters. The summed E-state index contributed by atoms with van der Waals surface area (Å²) in [5.74, 6) is -0.995. The third-order valence-corrected chi connectivity index (χ3v) is 6.04. The highest BCUT2D eigenvalue weighted by molar-refractivity contribution is 9.10. The van der Waals surface area contributed by atoms with E-state index in [1.807, 2.05) is 43.3 Å². The van der Waals surface area contributed by atoms with Gasteiger partial charge in [-0.2, -0.15) is 0 Å². The van der Waals surface area contributed by atoms with Gasteiger partial charge in [-0.1, -0.05) is 52.3 Å². The molecule has 0 aliphatic rings. The Labute approximate surface area is 151 Å². The lowest BCUT2D eigenvalue weighted by Gasteiger charge is -2.08. The highest BCUT2D eigenvalue weighted by Gasteiger charge is 2.16. The van der Waals surface area contributed by atoms with E-state index in [-0.39, 0.29) is 5.75 Å². The summed E-state index contributed by atoms with van der Waals surface area (Å²) in [6, 6.07) is 15.1. The molecular weight excluding hydrogens is 390 g/mol. The van der Waals surface area contributed by atoms with Gasteiger partial charge in [0.15, 0.2) is 9.84 Å². The second-order valence-electron chi connectivity index (χ2n) is 5.69. The first-order valence-electron chi connectivity index (χ1n) is 7.66. The molecule has 0 fully saturated rings. The first-order valence-corrected chi connectivity index (χ1v) is 10.3. The van der Waals surface area contributed by atoms with Gasteiger partial charge in [-0.05, 0) is 43.0 Å². The van der Waals surface area contributed by atoms with Gasteiger partial charge in [0.25, 0.3) is 0 Å². The fourth-order valence-corrected chi connectivity index (χ4v) is 3.86. The van der Waals surface area contributed by atoms with Gasteiger partial charge in [-0.15, -0.1) is 0 Å². The molecule has 128 valence electrons. The highest BCUT2D eigenvalue weighted by atomic mass is 79.9. The van der Waals surface area contributed by atoms with E-state index in [0.29, 0.717) is 18.5 Å². The maximum absolute atomic E-state index is 12.1. The van der Waals surface area contributed by atoms with Gasteiger partial charge in [-0.25, -0.2) is 8.42 Å². The van der Waals surface area contributed by atoms with Crippen molar-refractivity contribution in [1.82, 2.24) is 0 Å². The number of amides is 1. The smallest absolute Gasteiger partial charge is 0.239 e. The molecule has 0 atom stereocenters. The van der Waals surface area contributed by atoms with Crippen molar-refractivity contribution < 1.29 is 13.2 Å². The van der Waals surface area contributed by atoms with Gasteiger partial charge in [0.2, 0.25) is 5.91 Å². The summed E-state index contributed by atoms with van der Waals surface area (Å²) in [6.07, 6.45) is 1.20. The molecule has 0 saturated carbocycles. The van der Waals surface area contributed by atoms with Gasteiger partial charge in [0.05, 0.1) is 5.75 Å². The largest absolute Gasteiger partial charge is 0.325 e. The zero-order chi connectivity index (χ0) is 17.6. The third-order valence-electron chi connectivity index (χ3n) is 3.57. The van der Waals surface area contributed by atoms with Crippen molar-refractivity contribution in [2.45, 2.75) is 19.8 Å². The predicted molar refractivity (Wildman–Crippen MR) is 101 cm³/mol. The molecule has 0 radical (unpaired) electrons. The first-order chi connectivity index (χ1) is 11.4. The number of anilines is 1. The second-order valence-corrected chi connectivity index (χ2v) is 8.73. The second kappa shape index (κ2) is 8.44. The molecular formula is C18H20BrNO3S. The summed E-state index contributed by atoms with van der Waals surface area (Å²) in [6.45, 7) is 1.94. The normalized spacial score (nSPS) is 11.2. The van der Waals surface area contributed by atoms with E-state index in [2.05, 4.69) is 21.2 Å². The molecule has 0 heterocycles. The molecule has 4 nitrogen and oxygen atoms in total. The Kier molecular flexibility index (Phi) is 6.57. The molecule has 0 aliphatic carbocycles. The van der Waals surface area contributed by atoms with Crippen molar-refractivity contribution in [2.24, 2.45) is 0 Å². The number of aryl methyl sites for hydroxylation is 2. The number of hydrogen-bond acceptors (Lipinski definition) is 3. The van der Waals surface area contributed by atoms with Crippen molar-refractivity contribution in [2.75, 3.05) is 16.8 Å². The minimum atomic E-state index is -3.41. The molecule has 2 aromatic rings. The van der Waals surface area contributed by atoms with Crippen LogP contribution in [0.5, 0.6) is 0 Å². The van der Waals surface area contributed by atoms with E-state index in [9.17, 15) is 13.2 Å². The van der Waals surface area contributed by atoms with Crippen LogP contribution in [0.15, 0.2) is 53.0 Å². The Morgan fingerprint density at radius 2 is 1.83 bits per heavy atom. The van der Waals surface area contributed by atoms with Crippen LogP contribution in [0.25, 0.3) is 0 Å². The quantitative estimate of drug-likeness (QED) is 0.757. The topological polar surface area (TPSA) is 63.2 Å². The zero-order valence-electron chi connectivity index (χ0n) is 13.5. The monoisotopic (exact) mass is 409 g/mol. The molecule has 2 aromatic carbocycles. The van der Waals surface area contributed by atoms with Crippen LogP contribution in [0.3, 0.4) is 0 Å². The lowest BCUT2D eigenvalue weighted by molar-refractivity contribution is -0.113. The number of carbonyl (C=O) groups excluding carboxylic acids is 1. The molecule has 0 aromatic heterocycles. The Bertz CT molecular complexity index is 804. The van der Waals surface area contributed by atoms with Crippen molar-refractivity contribution in [1.29, 1.82) is 0 Å². The average molecular weight is 410 g/mol. The van der Waals surface area contributed by atoms with E-state index >= 15 is 0 Å². The fraction of sp³-hybridized carbons (Fsp3) is 0.278. The van der Waals surface area contributed by atoms with Crippen LogP contribution < -0.4 is 5.32 Å². The van der Waals surface area contributed by atoms with Crippen LogP contribution in [0.1, 0.15) is 17.5 Å². The number of nitrogens with one attached hydrogen (secondary N) is 1. The van der Waals surface area contributed by atoms with Crippen molar-refractivity contribution in [3.8, 4) is 0 Å². The van der Waals surface area contributed by atoms with E-state index in [1.54, 1.807) is 12.1 Å². The van der Waals surface area contributed by atoms with E-state index in [1.165, 1.54) is 0 Å². The fourth-order valence-electron chi connectivity index (χ4n) is 2.28. The van der Waals surface area contributed by atoms with Gasteiger partial charge >= 0.3 is 0 Å². The van der Waals surface area contributed by atoms with Crippen LogP contribution in [-0.4, -0.2) is 25.8 Å². The van der Waals surface area contributed by atoms with Crippen molar-refractivity contribution in [3.05, 3.63) is 64.1 Å². The van der Waals surface area contributed by atoms with E-state index in [0.717, 1.165) is 15.6 Å². The summed E-state index contributed by atoms with van der Waals surface area (Å²) >= 11 is 3.38. The Hall–Kier alpha value is -1.66. The van der Waals surface area contributed by atoms with Crippen molar-refractivity contribution in [3.63, 3.8) is 0 Å². The molecule has 0 aliphatic heterocycles. The number of carbonyl (C=O) groups is 1. The van der Waals surface area contributed by atoms with Crippen molar-refractivity contribution >= 4 is 37.4 Å². The minimum absolute atomic E-state index is 0.00685. The summed E-state index contributed by atoms with van der Waals surface area (Å²) < 4.78 is 25.0. The molecule has 0 spiro atoms. The summed E-state index contributed by atoms with van der Waals surface area (Å²) in [5.41, 5.74) is 2.72. The molecule has 1 N–H and O–H groups in total. The van der Waals surface area contributed by atoms with Crippen LogP contribution in [0.2, 0.25) is 0 Å². The molecule has 6 heteroatoms. The van der Waals surface area contributed by atoms with Crippen LogP contribution in [-0.2, 0) is 21.1 Å². The highest BCUT2D eigenvalue weighted by Crippen LogP contribution is 2.20. The third kappa shape index (κ3) is 6.09. The Balaban J connectivity index is 1.84. The molecule has 0 bridgehead atoms. The lowest BCUT2D eigenvalue weighted by atomic mass is 10.1. The van der Waals surface area contributed by atoms with Crippen LogP contribution in [0.4, 0.5) is 5.69 Å². The Morgan fingerprint density at radius 1 is 1.12 bits per heavy atom.